The van der Waals surface area contributed by atoms with Crippen LogP contribution in [0.1, 0.15) is 33.8 Å². The number of thiophene rings is 1. The number of nitrogens with one attached hydrogen (secondary N) is 1. The number of rotatable bonds is 2. The normalized spacial score (nSPS) is 18.0. The van der Waals surface area contributed by atoms with Crippen LogP contribution in [0.3, 0.4) is 0 Å². The Kier molecular flexibility index (Phi) is 4.57. The van der Waals surface area contributed by atoms with E-state index in [1.807, 2.05) is 17.0 Å². The molecule has 2 aliphatic heterocycles. The van der Waals surface area contributed by atoms with Crippen molar-refractivity contribution in [3.8, 4) is 10.6 Å². The van der Waals surface area contributed by atoms with Crippen LogP contribution in [-0.2, 0) is 16.8 Å². The van der Waals surface area contributed by atoms with Crippen LogP contribution in [0.15, 0.2) is 30.5 Å². The van der Waals surface area contributed by atoms with Gasteiger partial charge < -0.3 is 15.4 Å². The minimum Gasteiger partial charge on any atom is -0.384 e. The maximum absolute atomic E-state index is 12.7. The fourth-order valence-electron chi connectivity index (χ4n) is 4.20. The van der Waals surface area contributed by atoms with Crippen LogP contribution in [0.5, 0.6) is 0 Å². The van der Waals surface area contributed by atoms with Crippen LogP contribution < -0.4 is 5.73 Å². The smallest absolute Gasteiger partial charge is 0.273 e. The summed E-state index contributed by atoms with van der Waals surface area (Å²) in [5.41, 5.74) is 7.99. The maximum Gasteiger partial charge on any atom is 0.273 e. The molecule has 0 unspecified atom stereocenters. The molecule has 0 bridgehead atoms. The van der Waals surface area contributed by atoms with E-state index in [2.05, 4.69) is 21.2 Å². The summed E-state index contributed by atoms with van der Waals surface area (Å²) in [4.78, 5) is 21.5. The quantitative estimate of drug-likeness (QED) is 0.650. The number of hydrogen-bond donors (Lipinski definition) is 2. The van der Waals surface area contributed by atoms with Crippen LogP contribution in [0.2, 0.25) is 5.02 Å². The molecule has 5 rings (SSSR count). The number of anilines is 1. The number of piperidine rings is 1. The molecule has 0 aromatic carbocycles. The Morgan fingerprint density at radius 3 is 2.90 bits per heavy atom. The van der Waals surface area contributed by atoms with Gasteiger partial charge in [-0.15, -0.1) is 11.3 Å². The van der Waals surface area contributed by atoms with Crippen molar-refractivity contribution in [1.82, 2.24) is 20.1 Å². The first-order valence-corrected chi connectivity index (χ1v) is 10.7. The van der Waals surface area contributed by atoms with E-state index in [0.29, 0.717) is 36.2 Å². The average molecular weight is 430 g/mol. The molecule has 5 heterocycles. The molecule has 0 radical (unpaired) electrons. The number of halogens is 1. The zero-order valence-electron chi connectivity index (χ0n) is 15.7. The molecule has 150 valence electrons. The summed E-state index contributed by atoms with van der Waals surface area (Å²) in [6.07, 6.45) is 3.85. The number of carbonyl (C=O) groups is 1. The minimum atomic E-state index is -0.350. The number of nitrogen functional groups attached to an aromatic ring is 1. The number of pyridine rings is 1. The lowest BCUT2D eigenvalue weighted by molar-refractivity contribution is -0.0926. The van der Waals surface area contributed by atoms with Crippen molar-refractivity contribution in [3.63, 3.8) is 0 Å². The number of H-pyrrole nitrogens is 1. The lowest BCUT2D eigenvalue weighted by Gasteiger charge is -2.44. The van der Waals surface area contributed by atoms with Crippen molar-refractivity contribution in [3.05, 3.63) is 51.6 Å². The molecule has 0 saturated carbocycles. The second-order valence-corrected chi connectivity index (χ2v) is 8.92. The van der Waals surface area contributed by atoms with Gasteiger partial charge in [-0.25, -0.2) is 4.98 Å². The van der Waals surface area contributed by atoms with E-state index >= 15 is 0 Å². The van der Waals surface area contributed by atoms with E-state index in [0.717, 1.165) is 29.8 Å². The fourth-order valence-corrected chi connectivity index (χ4v) is 5.57. The van der Waals surface area contributed by atoms with Gasteiger partial charge in [0.1, 0.15) is 11.5 Å². The van der Waals surface area contributed by atoms with Gasteiger partial charge in [0.25, 0.3) is 5.91 Å². The number of nitrogens with zero attached hydrogens (tertiary/aromatic N) is 3. The molecular weight excluding hydrogens is 410 g/mol. The van der Waals surface area contributed by atoms with Crippen molar-refractivity contribution < 1.29 is 9.53 Å². The van der Waals surface area contributed by atoms with Crippen molar-refractivity contribution in [1.29, 1.82) is 0 Å². The van der Waals surface area contributed by atoms with Gasteiger partial charge in [-0.05, 0) is 36.6 Å². The van der Waals surface area contributed by atoms with E-state index in [4.69, 9.17) is 22.1 Å². The molecule has 1 saturated heterocycles. The molecule has 3 aromatic rings. The van der Waals surface area contributed by atoms with Gasteiger partial charge >= 0.3 is 0 Å². The molecule has 3 N–H and O–H groups in total. The van der Waals surface area contributed by atoms with Crippen molar-refractivity contribution in [2.45, 2.75) is 24.9 Å². The second-order valence-electron chi connectivity index (χ2n) is 7.37. The van der Waals surface area contributed by atoms with Crippen LogP contribution in [0, 0.1) is 0 Å². The van der Waals surface area contributed by atoms with E-state index in [9.17, 15) is 4.79 Å². The summed E-state index contributed by atoms with van der Waals surface area (Å²) in [7, 11) is 0. The third-order valence-electron chi connectivity index (χ3n) is 5.70. The molecule has 2 aliphatic rings. The van der Waals surface area contributed by atoms with Crippen LogP contribution >= 0.6 is 22.9 Å². The lowest BCUT2D eigenvalue weighted by atomic mass is 9.82. The summed E-state index contributed by atoms with van der Waals surface area (Å²) >= 11 is 7.82. The van der Waals surface area contributed by atoms with E-state index in [-0.39, 0.29) is 11.5 Å². The van der Waals surface area contributed by atoms with E-state index in [1.165, 1.54) is 16.6 Å². The van der Waals surface area contributed by atoms with Gasteiger partial charge in [0.2, 0.25) is 0 Å². The fraction of sp³-hybridized carbons (Fsp3) is 0.350. The van der Waals surface area contributed by atoms with Gasteiger partial charge in [0, 0.05) is 24.4 Å². The molecule has 3 aromatic heterocycles. The third-order valence-corrected chi connectivity index (χ3v) is 7.20. The van der Waals surface area contributed by atoms with Crippen molar-refractivity contribution in [2.24, 2.45) is 0 Å². The Morgan fingerprint density at radius 1 is 1.34 bits per heavy atom. The Bertz CT molecular complexity index is 1070. The van der Waals surface area contributed by atoms with Crippen molar-refractivity contribution >= 4 is 34.7 Å². The number of carbonyl (C=O) groups excluding carboxylic acids is 1. The number of aromatic nitrogens is 3. The van der Waals surface area contributed by atoms with Crippen LogP contribution in [-0.4, -0.2) is 45.7 Å². The number of amides is 1. The number of nitrogens with two attached hydrogens (primary N) is 1. The van der Waals surface area contributed by atoms with Gasteiger partial charge in [0.15, 0.2) is 0 Å². The highest BCUT2D eigenvalue weighted by Crippen LogP contribution is 2.46. The summed E-state index contributed by atoms with van der Waals surface area (Å²) in [5, 5.41) is 6.89. The molecule has 9 heteroatoms. The number of aromatic amines is 1. The van der Waals surface area contributed by atoms with Gasteiger partial charge in [-0.3, -0.25) is 9.89 Å². The molecular formula is C20H20ClN5O2S. The summed E-state index contributed by atoms with van der Waals surface area (Å²) in [6, 6.07) is 7.90. The van der Waals surface area contributed by atoms with Gasteiger partial charge in [0.05, 0.1) is 34.0 Å². The van der Waals surface area contributed by atoms with E-state index < -0.39 is 0 Å². The zero-order chi connectivity index (χ0) is 20.0. The Balaban J connectivity index is 1.40. The summed E-state index contributed by atoms with van der Waals surface area (Å²) < 4.78 is 6.33. The number of fused-ring (bicyclic) bond motifs is 2. The lowest BCUT2D eigenvalue weighted by Crippen LogP contribution is -2.48. The monoisotopic (exact) mass is 429 g/mol. The molecule has 1 spiro atoms. The average Bonchev–Trinajstić information content (AvgIpc) is 3.35. The zero-order valence-corrected chi connectivity index (χ0v) is 17.2. The predicted octanol–water partition coefficient (Wildman–Crippen LogP) is 3.47. The minimum absolute atomic E-state index is 0.117. The molecule has 7 nitrogen and oxygen atoms in total. The number of hydrogen-bond acceptors (Lipinski definition) is 6. The molecule has 29 heavy (non-hydrogen) atoms. The standard InChI is InChI=1S/C20H20ClN5O2S/c21-13-11-23-25-18(13)19(27)26-7-5-20(6-8-26)12-10-16(29-15(12)4-9-28-20)14-2-1-3-17(22)24-14/h1-3,10-11H,4-9H2,(H2,22,24)(H,23,25). The molecule has 1 fully saturated rings. The first-order chi connectivity index (χ1) is 14.1. The summed E-state index contributed by atoms with van der Waals surface area (Å²) in [5.74, 6) is 0.400. The van der Waals surface area contributed by atoms with Crippen LogP contribution in [0.4, 0.5) is 5.82 Å². The van der Waals surface area contributed by atoms with Gasteiger partial charge in [-0.1, -0.05) is 17.7 Å². The second kappa shape index (κ2) is 7.12. The molecule has 0 aliphatic carbocycles. The Labute approximate surface area is 176 Å². The number of likely N-dealkylation sites (tertiary alicyclic amines) is 1. The third kappa shape index (κ3) is 3.21. The molecule has 0 atom stereocenters. The maximum atomic E-state index is 12.7. The molecule has 1 amide bonds. The predicted molar refractivity (Wildman–Crippen MR) is 112 cm³/mol. The van der Waals surface area contributed by atoms with Crippen LogP contribution in [0.25, 0.3) is 10.6 Å². The highest BCUT2D eigenvalue weighted by atomic mass is 35.5. The SMILES string of the molecule is Nc1cccc(-c2cc3c(s2)CCOC32CCN(C(=O)c3[nH]ncc3Cl)CC2)n1. The first-order valence-electron chi connectivity index (χ1n) is 9.54. The number of ether oxygens (including phenoxy) is 1. The largest absolute Gasteiger partial charge is 0.384 e. The first kappa shape index (κ1) is 18.6. The van der Waals surface area contributed by atoms with E-state index in [1.54, 1.807) is 17.4 Å². The topological polar surface area (TPSA) is 97.1 Å². The van der Waals surface area contributed by atoms with Crippen molar-refractivity contribution in [2.75, 3.05) is 25.4 Å². The van der Waals surface area contributed by atoms with Gasteiger partial charge in [-0.2, -0.15) is 5.10 Å². The Morgan fingerprint density at radius 2 is 2.17 bits per heavy atom. The highest BCUT2D eigenvalue weighted by molar-refractivity contribution is 7.15. The summed E-state index contributed by atoms with van der Waals surface area (Å²) in [6.45, 7) is 1.91. The highest BCUT2D eigenvalue weighted by Gasteiger charge is 2.43. The Hall–Kier alpha value is -2.42.